The fraction of sp³-hybridized carbons (Fsp3) is 0. The molecule has 82 valence electrons. The van der Waals surface area contributed by atoms with Gasteiger partial charge in [0.25, 0.3) is 0 Å². The average Bonchev–Trinajstić information content (AvgIpc) is 2.67. The van der Waals surface area contributed by atoms with Crippen molar-refractivity contribution in [3.8, 4) is 6.07 Å². The summed E-state index contributed by atoms with van der Waals surface area (Å²) >= 11 is 0. The van der Waals surface area contributed by atoms with Crippen molar-refractivity contribution in [2.24, 2.45) is 0 Å². The van der Waals surface area contributed by atoms with Crippen LogP contribution < -0.4 is 11.2 Å². The molecular formula is C11H7N5O. The summed E-state index contributed by atoms with van der Waals surface area (Å²) in [4.78, 5) is 21.7. The van der Waals surface area contributed by atoms with Crippen molar-refractivity contribution in [1.82, 2.24) is 15.0 Å². The molecule has 0 spiro atoms. The monoisotopic (exact) mass is 225 g/mol. The number of nitrogens with zero attached hydrogens (tertiary/aromatic N) is 2. The number of anilines is 1. The quantitative estimate of drug-likeness (QED) is 0.526. The van der Waals surface area contributed by atoms with Gasteiger partial charge < -0.3 is 15.7 Å². The fourth-order valence-electron chi connectivity index (χ4n) is 1.83. The van der Waals surface area contributed by atoms with Crippen LogP contribution in [0.4, 0.5) is 5.95 Å². The molecule has 6 heteroatoms. The molecule has 0 aliphatic rings. The maximum atomic E-state index is 11.9. The second-order valence-corrected chi connectivity index (χ2v) is 3.68. The van der Waals surface area contributed by atoms with Gasteiger partial charge in [-0.25, -0.2) is 4.98 Å². The number of nitrogen functional groups attached to an aromatic ring is 1. The Labute approximate surface area is 94.7 Å². The summed E-state index contributed by atoms with van der Waals surface area (Å²) in [6.07, 6.45) is 1.40. The minimum Gasteiger partial charge on any atom is -0.369 e. The van der Waals surface area contributed by atoms with Gasteiger partial charge in [0, 0.05) is 11.6 Å². The number of fused-ring (bicyclic) bond motifs is 2. The number of H-pyrrole nitrogens is 2. The predicted molar refractivity (Wildman–Crippen MR) is 63.3 cm³/mol. The van der Waals surface area contributed by atoms with Gasteiger partial charge in [0.1, 0.15) is 11.6 Å². The van der Waals surface area contributed by atoms with E-state index in [4.69, 9.17) is 11.0 Å². The Morgan fingerprint density at radius 1 is 1.35 bits per heavy atom. The van der Waals surface area contributed by atoms with E-state index in [0.717, 1.165) is 0 Å². The Hall–Kier alpha value is -2.81. The summed E-state index contributed by atoms with van der Waals surface area (Å²) in [5, 5.41) is 9.23. The molecule has 0 saturated carbocycles. The molecule has 0 bridgehead atoms. The third kappa shape index (κ3) is 1.26. The van der Waals surface area contributed by atoms with Crippen LogP contribution in [0.25, 0.3) is 21.9 Å². The minimum atomic E-state index is -0.295. The third-order valence-corrected chi connectivity index (χ3v) is 2.62. The molecule has 0 atom stereocenters. The zero-order valence-corrected chi connectivity index (χ0v) is 8.61. The number of nitrogens with two attached hydrogens (primary N) is 1. The van der Waals surface area contributed by atoms with E-state index < -0.39 is 0 Å². The summed E-state index contributed by atoms with van der Waals surface area (Å²) in [5.41, 5.74) is 7.32. The van der Waals surface area contributed by atoms with Crippen molar-refractivity contribution >= 4 is 27.9 Å². The first-order valence-corrected chi connectivity index (χ1v) is 4.90. The minimum absolute atomic E-state index is 0.0873. The van der Waals surface area contributed by atoms with Gasteiger partial charge in [-0.1, -0.05) is 0 Å². The maximum Gasteiger partial charge on any atom is 0.207 e. The highest BCUT2D eigenvalue weighted by Gasteiger charge is 2.08. The average molecular weight is 225 g/mol. The largest absolute Gasteiger partial charge is 0.369 e. The second-order valence-electron chi connectivity index (χ2n) is 3.68. The van der Waals surface area contributed by atoms with Gasteiger partial charge in [-0.15, -0.1) is 0 Å². The van der Waals surface area contributed by atoms with Crippen molar-refractivity contribution in [3.63, 3.8) is 0 Å². The SMILES string of the molecule is N#Cc1c[nH]c2cc3nc(N)[nH]c3cc2c1=O. The Kier molecular flexibility index (Phi) is 1.71. The lowest BCUT2D eigenvalue weighted by atomic mass is 10.1. The highest BCUT2D eigenvalue weighted by molar-refractivity contribution is 5.93. The van der Waals surface area contributed by atoms with Gasteiger partial charge in [0.15, 0.2) is 5.95 Å². The van der Waals surface area contributed by atoms with E-state index in [1.54, 1.807) is 12.1 Å². The molecular weight excluding hydrogens is 218 g/mol. The Morgan fingerprint density at radius 2 is 2.18 bits per heavy atom. The zero-order chi connectivity index (χ0) is 12.0. The van der Waals surface area contributed by atoms with Crippen molar-refractivity contribution in [2.75, 3.05) is 5.73 Å². The van der Waals surface area contributed by atoms with Gasteiger partial charge >= 0.3 is 0 Å². The second kappa shape index (κ2) is 3.09. The number of aromatic nitrogens is 3. The van der Waals surface area contributed by atoms with E-state index in [0.29, 0.717) is 27.9 Å². The summed E-state index contributed by atoms with van der Waals surface area (Å²) in [6.45, 7) is 0. The standard InChI is InChI=1S/C11H7N5O/c12-3-5-4-14-7-2-9-8(15-11(13)16-9)1-6(7)10(5)17/h1-2,4H,(H,14,17)(H3,13,15,16). The molecule has 0 unspecified atom stereocenters. The normalized spacial score (nSPS) is 10.8. The van der Waals surface area contributed by atoms with Gasteiger partial charge in [0.2, 0.25) is 5.43 Å². The molecule has 1 aromatic carbocycles. The smallest absolute Gasteiger partial charge is 0.207 e. The van der Waals surface area contributed by atoms with Crippen LogP contribution in [-0.2, 0) is 0 Å². The number of rotatable bonds is 0. The molecule has 0 aliphatic heterocycles. The molecule has 4 N–H and O–H groups in total. The van der Waals surface area contributed by atoms with Crippen LogP contribution in [0.2, 0.25) is 0 Å². The van der Waals surface area contributed by atoms with Crippen molar-refractivity contribution < 1.29 is 0 Å². The van der Waals surface area contributed by atoms with Crippen LogP contribution in [0.1, 0.15) is 5.56 Å². The summed E-state index contributed by atoms with van der Waals surface area (Å²) in [7, 11) is 0. The molecule has 6 nitrogen and oxygen atoms in total. The van der Waals surface area contributed by atoms with Crippen LogP contribution in [0.3, 0.4) is 0 Å². The highest BCUT2D eigenvalue weighted by Crippen LogP contribution is 2.18. The molecule has 3 aromatic rings. The first kappa shape index (κ1) is 9.42. The van der Waals surface area contributed by atoms with E-state index in [1.807, 2.05) is 6.07 Å². The van der Waals surface area contributed by atoms with Crippen LogP contribution in [0, 0.1) is 11.3 Å². The van der Waals surface area contributed by atoms with E-state index in [1.165, 1.54) is 6.20 Å². The van der Waals surface area contributed by atoms with Crippen LogP contribution in [0.15, 0.2) is 23.1 Å². The molecule has 17 heavy (non-hydrogen) atoms. The number of aromatic amines is 2. The van der Waals surface area contributed by atoms with Crippen LogP contribution >= 0.6 is 0 Å². The maximum absolute atomic E-state index is 11.9. The highest BCUT2D eigenvalue weighted by atomic mass is 16.1. The van der Waals surface area contributed by atoms with Crippen LogP contribution in [0.5, 0.6) is 0 Å². The number of nitriles is 1. The molecule has 0 aliphatic carbocycles. The molecule has 3 rings (SSSR count). The number of imidazole rings is 1. The van der Waals surface area contributed by atoms with Gasteiger partial charge in [-0.3, -0.25) is 4.79 Å². The molecule has 0 saturated heterocycles. The van der Waals surface area contributed by atoms with Crippen molar-refractivity contribution in [2.45, 2.75) is 0 Å². The number of nitrogens with one attached hydrogen (secondary N) is 2. The van der Waals surface area contributed by atoms with Gasteiger partial charge in [-0.2, -0.15) is 5.26 Å². The molecule has 2 heterocycles. The Morgan fingerprint density at radius 3 is 2.94 bits per heavy atom. The van der Waals surface area contributed by atoms with Gasteiger partial charge in [-0.05, 0) is 12.1 Å². The van der Waals surface area contributed by atoms with E-state index >= 15 is 0 Å². The zero-order valence-electron chi connectivity index (χ0n) is 8.61. The summed E-state index contributed by atoms with van der Waals surface area (Å²) in [6, 6.07) is 5.22. The Balaban J connectivity index is 2.53. The van der Waals surface area contributed by atoms with E-state index in [9.17, 15) is 4.79 Å². The first-order chi connectivity index (χ1) is 8.19. The van der Waals surface area contributed by atoms with Crippen molar-refractivity contribution in [3.05, 3.63) is 34.1 Å². The third-order valence-electron chi connectivity index (χ3n) is 2.62. The summed E-state index contributed by atoms with van der Waals surface area (Å²) in [5.74, 6) is 0.295. The molecule has 0 fully saturated rings. The number of hydrogen-bond donors (Lipinski definition) is 3. The predicted octanol–water partition coefficient (Wildman–Crippen LogP) is 0.858. The number of hydrogen-bond acceptors (Lipinski definition) is 4. The number of pyridine rings is 1. The molecule has 0 amide bonds. The Bertz CT molecular complexity index is 837. The topological polar surface area (TPSA) is 111 Å². The first-order valence-electron chi connectivity index (χ1n) is 4.90. The van der Waals surface area contributed by atoms with E-state index in [2.05, 4.69) is 15.0 Å². The number of benzene rings is 1. The van der Waals surface area contributed by atoms with E-state index in [-0.39, 0.29) is 11.0 Å². The molecule has 2 aromatic heterocycles. The van der Waals surface area contributed by atoms with Crippen molar-refractivity contribution in [1.29, 1.82) is 5.26 Å². The lowest BCUT2D eigenvalue weighted by Crippen LogP contribution is -2.06. The lowest BCUT2D eigenvalue weighted by Gasteiger charge is -1.97. The fourth-order valence-corrected chi connectivity index (χ4v) is 1.83. The lowest BCUT2D eigenvalue weighted by molar-refractivity contribution is 1.35. The summed E-state index contributed by atoms with van der Waals surface area (Å²) < 4.78 is 0. The molecule has 0 radical (unpaired) electrons. The van der Waals surface area contributed by atoms with Gasteiger partial charge in [0.05, 0.1) is 16.6 Å². The van der Waals surface area contributed by atoms with Crippen LogP contribution in [-0.4, -0.2) is 15.0 Å².